The van der Waals surface area contributed by atoms with Gasteiger partial charge in [-0.05, 0) is 50.6 Å². The lowest BCUT2D eigenvalue weighted by molar-refractivity contribution is 0.0410. The summed E-state index contributed by atoms with van der Waals surface area (Å²) >= 11 is 0. The van der Waals surface area contributed by atoms with Crippen LogP contribution in [0.5, 0.6) is 0 Å². The number of carbonyl (C=O) groups excluding carboxylic acids is 2. The van der Waals surface area contributed by atoms with Gasteiger partial charge in [0.1, 0.15) is 0 Å². The lowest BCUT2D eigenvalue weighted by Gasteiger charge is -2.39. The van der Waals surface area contributed by atoms with E-state index in [1.54, 1.807) is 28.1 Å². The van der Waals surface area contributed by atoms with Crippen molar-refractivity contribution in [2.75, 3.05) is 19.6 Å². The minimum absolute atomic E-state index is 0.0342. The molecule has 1 N–H and O–H groups in total. The molecule has 1 aliphatic rings. The molecule has 0 radical (unpaired) electrons. The molecule has 0 bridgehead atoms. The Labute approximate surface area is 162 Å². The number of aryl methyl sites for hydroxylation is 2. The van der Waals surface area contributed by atoms with E-state index in [-0.39, 0.29) is 17.9 Å². The third kappa shape index (κ3) is 3.21. The van der Waals surface area contributed by atoms with E-state index in [0.717, 1.165) is 22.2 Å². The molecule has 1 fully saturated rings. The summed E-state index contributed by atoms with van der Waals surface area (Å²) in [5.74, 6) is -0.178. The first kappa shape index (κ1) is 18.1. The minimum atomic E-state index is -0.144. The van der Waals surface area contributed by atoms with Gasteiger partial charge in [0.2, 0.25) is 0 Å². The highest BCUT2D eigenvalue weighted by molar-refractivity contribution is 5.98. The summed E-state index contributed by atoms with van der Waals surface area (Å²) in [7, 11) is 0. The van der Waals surface area contributed by atoms with Gasteiger partial charge in [-0.1, -0.05) is 0 Å². The summed E-state index contributed by atoms with van der Waals surface area (Å²) in [5, 5.41) is 15.9. The Balaban J connectivity index is 1.47. The fourth-order valence-corrected chi connectivity index (χ4v) is 3.50. The highest BCUT2D eigenvalue weighted by Gasteiger charge is 2.31. The molecular weight excluding hydrogens is 356 g/mol. The van der Waals surface area contributed by atoms with Crippen LogP contribution in [-0.2, 0) is 0 Å². The van der Waals surface area contributed by atoms with Gasteiger partial charge in [0, 0.05) is 36.6 Å². The number of carbonyl (C=O) groups is 2. The first-order valence-corrected chi connectivity index (χ1v) is 9.28. The number of H-pyrrole nitrogens is 1. The largest absolute Gasteiger partial charge is 0.335 e. The molecule has 0 aliphatic carbocycles. The quantitative estimate of drug-likeness (QED) is 0.735. The van der Waals surface area contributed by atoms with Crippen molar-refractivity contribution >= 4 is 22.7 Å². The van der Waals surface area contributed by atoms with Crippen LogP contribution >= 0.6 is 0 Å². The average molecular weight is 378 g/mol. The second-order valence-corrected chi connectivity index (χ2v) is 7.27. The van der Waals surface area contributed by atoms with E-state index < -0.39 is 0 Å². The number of rotatable bonds is 2. The molecule has 2 aromatic heterocycles. The van der Waals surface area contributed by atoms with Gasteiger partial charge in [0.15, 0.2) is 5.69 Å². The lowest BCUT2D eigenvalue weighted by Crippen LogP contribution is -2.55. The molecule has 8 nitrogen and oxygen atoms in total. The Hall–Kier alpha value is -3.29. The molecule has 1 atom stereocenters. The predicted molar refractivity (Wildman–Crippen MR) is 104 cm³/mol. The predicted octanol–water partition coefficient (Wildman–Crippen LogP) is 1.96. The van der Waals surface area contributed by atoms with Crippen molar-refractivity contribution in [1.29, 1.82) is 0 Å². The topological polar surface area (TPSA) is 95.1 Å². The van der Waals surface area contributed by atoms with Gasteiger partial charge in [-0.2, -0.15) is 10.2 Å². The summed E-state index contributed by atoms with van der Waals surface area (Å²) < 4.78 is 0. The Kier molecular flexibility index (Phi) is 4.54. The second-order valence-electron chi connectivity index (χ2n) is 7.27. The minimum Gasteiger partial charge on any atom is -0.335 e. The Morgan fingerprint density at radius 1 is 1.11 bits per heavy atom. The standard InChI is InChI=1S/C20H22N6O2/c1-12-8-18(24-22-14(12)3)20(28)26-7-6-25(11-13(26)2)19(27)15-4-5-17-16(9-15)10-21-23-17/h4-5,8-10,13H,6-7,11H2,1-3H3,(H,21,23). The molecule has 1 unspecified atom stereocenters. The zero-order chi connectivity index (χ0) is 19.8. The molecule has 3 heterocycles. The zero-order valence-corrected chi connectivity index (χ0v) is 16.1. The summed E-state index contributed by atoms with van der Waals surface area (Å²) in [6, 6.07) is 7.17. The molecule has 1 aromatic carbocycles. The molecule has 28 heavy (non-hydrogen) atoms. The van der Waals surface area contributed by atoms with Crippen LogP contribution in [0.2, 0.25) is 0 Å². The van der Waals surface area contributed by atoms with Crippen LogP contribution in [0.1, 0.15) is 39.0 Å². The number of amides is 2. The number of aromatic amines is 1. The van der Waals surface area contributed by atoms with E-state index in [4.69, 9.17) is 0 Å². The maximum absolute atomic E-state index is 12.9. The average Bonchev–Trinajstić information content (AvgIpc) is 3.16. The summed E-state index contributed by atoms with van der Waals surface area (Å²) in [6.07, 6.45) is 1.70. The fraction of sp³-hybridized carbons (Fsp3) is 0.350. The number of nitrogens with one attached hydrogen (secondary N) is 1. The smallest absolute Gasteiger partial charge is 0.274 e. The molecule has 3 aromatic rings. The summed E-state index contributed by atoms with van der Waals surface area (Å²) in [4.78, 5) is 29.3. The molecule has 0 saturated carbocycles. The van der Waals surface area contributed by atoms with Crippen molar-refractivity contribution in [2.24, 2.45) is 0 Å². The molecule has 4 rings (SSSR count). The van der Waals surface area contributed by atoms with Crippen molar-refractivity contribution in [3.05, 3.63) is 53.0 Å². The van der Waals surface area contributed by atoms with E-state index in [1.165, 1.54) is 0 Å². The number of benzene rings is 1. The third-order valence-electron chi connectivity index (χ3n) is 5.31. The molecule has 1 aliphatic heterocycles. The maximum atomic E-state index is 12.9. The third-order valence-corrected chi connectivity index (χ3v) is 5.31. The van der Waals surface area contributed by atoms with E-state index in [1.807, 2.05) is 32.9 Å². The van der Waals surface area contributed by atoms with Gasteiger partial charge in [-0.15, -0.1) is 5.10 Å². The van der Waals surface area contributed by atoms with Gasteiger partial charge in [0.25, 0.3) is 11.8 Å². The number of piperazine rings is 1. The summed E-state index contributed by atoms with van der Waals surface area (Å²) in [5.41, 5.74) is 3.62. The van der Waals surface area contributed by atoms with Gasteiger partial charge in [-0.3, -0.25) is 14.7 Å². The van der Waals surface area contributed by atoms with Crippen LogP contribution in [0, 0.1) is 13.8 Å². The molecule has 0 spiro atoms. The van der Waals surface area contributed by atoms with Gasteiger partial charge in [0.05, 0.1) is 17.4 Å². The second kappa shape index (κ2) is 7.03. The molecule has 8 heteroatoms. The van der Waals surface area contributed by atoms with Crippen LogP contribution in [-0.4, -0.2) is 67.7 Å². The van der Waals surface area contributed by atoms with Gasteiger partial charge < -0.3 is 9.80 Å². The van der Waals surface area contributed by atoms with Crippen molar-refractivity contribution < 1.29 is 9.59 Å². The van der Waals surface area contributed by atoms with Crippen LogP contribution in [0.15, 0.2) is 30.5 Å². The van der Waals surface area contributed by atoms with Crippen LogP contribution in [0.3, 0.4) is 0 Å². The fourth-order valence-electron chi connectivity index (χ4n) is 3.50. The maximum Gasteiger partial charge on any atom is 0.274 e. The number of hydrogen-bond acceptors (Lipinski definition) is 5. The number of hydrogen-bond donors (Lipinski definition) is 1. The van der Waals surface area contributed by atoms with E-state index in [0.29, 0.717) is 30.9 Å². The van der Waals surface area contributed by atoms with Crippen molar-refractivity contribution in [3.63, 3.8) is 0 Å². The van der Waals surface area contributed by atoms with Crippen LogP contribution in [0.25, 0.3) is 10.9 Å². The van der Waals surface area contributed by atoms with E-state index in [2.05, 4.69) is 20.4 Å². The Bertz CT molecular complexity index is 1060. The van der Waals surface area contributed by atoms with Crippen molar-refractivity contribution in [2.45, 2.75) is 26.8 Å². The van der Waals surface area contributed by atoms with E-state index >= 15 is 0 Å². The highest BCUT2D eigenvalue weighted by Crippen LogP contribution is 2.18. The van der Waals surface area contributed by atoms with Gasteiger partial charge in [-0.25, -0.2) is 0 Å². The lowest BCUT2D eigenvalue weighted by atomic mass is 10.1. The zero-order valence-electron chi connectivity index (χ0n) is 16.1. The first-order chi connectivity index (χ1) is 13.4. The molecule has 1 saturated heterocycles. The first-order valence-electron chi connectivity index (χ1n) is 9.28. The normalized spacial score (nSPS) is 17.2. The number of aromatic nitrogens is 4. The van der Waals surface area contributed by atoms with Crippen molar-refractivity contribution in [1.82, 2.24) is 30.2 Å². The highest BCUT2D eigenvalue weighted by atomic mass is 16.2. The Morgan fingerprint density at radius 3 is 2.68 bits per heavy atom. The Morgan fingerprint density at radius 2 is 1.93 bits per heavy atom. The van der Waals surface area contributed by atoms with E-state index in [9.17, 15) is 9.59 Å². The number of fused-ring (bicyclic) bond motifs is 1. The summed E-state index contributed by atoms with van der Waals surface area (Å²) in [6.45, 7) is 7.16. The SMILES string of the molecule is Cc1cc(C(=O)N2CCN(C(=O)c3ccc4[nH]ncc4c3)CC2C)nnc1C. The van der Waals surface area contributed by atoms with Crippen LogP contribution < -0.4 is 0 Å². The monoisotopic (exact) mass is 378 g/mol. The van der Waals surface area contributed by atoms with Gasteiger partial charge >= 0.3 is 0 Å². The van der Waals surface area contributed by atoms with Crippen LogP contribution in [0.4, 0.5) is 0 Å². The molecule has 144 valence electrons. The molecular formula is C20H22N6O2. The number of nitrogens with zero attached hydrogens (tertiary/aromatic N) is 5. The van der Waals surface area contributed by atoms with Crippen molar-refractivity contribution in [3.8, 4) is 0 Å². The molecule has 2 amide bonds.